The molecule has 0 unspecified atom stereocenters. The highest BCUT2D eigenvalue weighted by molar-refractivity contribution is 5.08. The molecule has 4 heteroatoms. The van der Waals surface area contributed by atoms with Crippen LogP contribution in [0.4, 0.5) is 0 Å². The minimum atomic E-state index is 0.917. The molecule has 0 saturated carbocycles. The fourth-order valence-corrected chi connectivity index (χ4v) is 2.32. The Morgan fingerprint density at radius 1 is 0.682 bits per heavy atom. The van der Waals surface area contributed by atoms with E-state index in [4.69, 9.17) is 0 Å². The van der Waals surface area contributed by atoms with Crippen molar-refractivity contribution in [2.45, 2.75) is 38.8 Å². The number of nitrogens with zero attached hydrogens (tertiary/aromatic N) is 2. The van der Waals surface area contributed by atoms with Crippen LogP contribution in [0, 0.1) is 0 Å². The van der Waals surface area contributed by atoms with Crippen LogP contribution in [0.1, 0.15) is 36.8 Å². The van der Waals surface area contributed by atoms with Crippen LogP contribution in [0.5, 0.6) is 0 Å². The van der Waals surface area contributed by atoms with Crippen molar-refractivity contribution in [3.05, 3.63) is 60.2 Å². The number of hydrogen-bond acceptors (Lipinski definition) is 4. The second kappa shape index (κ2) is 10.9. The van der Waals surface area contributed by atoms with Gasteiger partial charge in [-0.15, -0.1) is 0 Å². The molecule has 22 heavy (non-hydrogen) atoms. The Labute approximate surface area is 133 Å². The molecular formula is C18H26N4. The predicted molar refractivity (Wildman–Crippen MR) is 90.4 cm³/mol. The molecule has 0 bridgehead atoms. The quantitative estimate of drug-likeness (QED) is 0.626. The molecule has 0 fully saturated rings. The number of pyridine rings is 2. The van der Waals surface area contributed by atoms with E-state index in [0.29, 0.717) is 0 Å². The third kappa shape index (κ3) is 7.29. The molecule has 2 heterocycles. The first-order chi connectivity index (χ1) is 10.9. The summed E-state index contributed by atoms with van der Waals surface area (Å²) in [6, 6.07) is 8.17. The van der Waals surface area contributed by atoms with Gasteiger partial charge in [-0.05, 0) is 49.2 Å². The van der Waals surface area contributed by atoms with E-state index in [2.05, 4.69) is 32.7 Å². The molecule has 2 N–H and O–H groups in total. The molecule has 0 saturated heterocycles. The minimum absolute atomic E-state index is 0.917. The normalized spacial score (nSPS) is 10.7. The van der Waals surface area contributed by atoms with Crippen LogP contribution in [-0.4, -0.2) is 23.1 Å². The Hall–Kier alpha value is -1.78. The van der Waals surface area contributed by atoms with Crippen molar-refractivity contribution in [3.63, 3.8) is 0 Å². The second-order valence-corrected chi connectivity index (χ2v) is 5.49. The molecule has 2 aromatic rings. The zero-order chi connectivity index (χ0) is 15.3. The van der Waals surface area contributed by atoms with Gasteiger partial charge in [0.05, 0.1) is 0 Å². The Bertz CT molecular complexity index is 439. The zero-order valence-electron chi connectivity index (χ0n) is 13.2. The van der Waals surface area contributed by atoms with Crippen LogP contribution in [0.25, 0.3) is 0 Å². The summed E-state index contributed by atoms with van der Waals surface area (Å²) in [4.78, 5) is 8.23. The van der Waals surface area contributed by atoms with E-state index in [-0.39, 0.29) is 0 Å². The fraction of sp³-hybridized carbons (Fsp3) is 0.444. The van der Waals surface area contributed by atoms with Gasteiger partial charge in [0.15, 0.2) is 0 Å². The lowest BCUT2D eigenvalue weighted by molar-refractivity contribution is 0.562. The van der Waals surface area contributed by atoms with Crippen LogP contribution < -0.4 is 10.6 Å². The van der Waals surface area contributed by atoms with Gasteiger partial charge in [-0.3, -0.25) is 9.97 Å². The summed E-state index contributed by atoms with van der Waals surface area (Å²) in [5.41, 5.74) is 2.50. The van der Waals surface area contributed by atoms with Gasteiger partial charge in [-0.2, -0.15) is 0 Å². The summed E-state index contributed by atoms with van der Waals surface area (Å²) in [5.74, 6) is 0. The van der Waals surface area contributed by atoms with Crippen LogP contribution in [0.3, 0.4) is 0 Å². The predicted octanol–water partition coefficient (Wildman–Crippen LogP) is 2.92. The van der Waals surface area contributed by atoms with E-state index in [1.165, 1.54) is 36.8 Å². The smallest absolute Gasteiger partial charge is 0.0312 e. The van der Waals surface area contributed by atoms with E-state index in [9.17, 15) is 0 Å². The maximum absolute atomic E-state index is 4.11. The molecule has 0 radical (unpaired) electrons. The highest BCUT2D eigenvalue weighted by atomic mass is 14.9. The molecular weight excluding hydrogens is 272 g/mol. The van der Waals surface area contributed by atoms with Gasteiger partial charge in [-0.25, -0.2) is 0 Å². The maximum Gasteiger partial charge on any atom is 0.0312 e. The molecule has 0 spiro atoms. The second-order valence-electron chi connectivity index (χ2n) is 5.49. The number of unbranched alkanes of at least 4 members (excludes halogenated alkanes) is 3. The van der Waals surface area contributed by atoms with Crippen LogP contribution in [0.2, 0.25) is 0 Å². The number of aromatic nitrogens is 2. The molecule has 4 nitrogen and oxygen atoms in total. The van der Waals surface area contributed by atoms with Crippen molar-refractivity contribution >= 4 is 0 Å². The first-order valence-corrected chi connectivity index (χ1v) is 8.14. The zero-order valence-corrected chi connectivity index (χ0v) is 13.2. The monoisotopic (exact) mass is 298 g/mol. The Morgan fingerprint density at radius 2 is 1.18 bits per heavy atom. The standard InChI is InChI=1S/C18H26N4/c1(3-9-19-13-17-7-5-11-21-15-17)2-4-10-20-14-18-8-6-12-22-16-18/h5-8,11-12,15-16,19-20H,1-4,9-10,13-14H2. The SMILES string of the molecule is c1cncc(CNCCCCCCNCc2cccnc2)c1. The molecule has 2 aromatic heterocycles. The molecule has 118 valence electrons. The third-order valence-corrected chi connectivity index (χ3v) is 3.56. The lowest BCUT2D eigenvalue weighted by Crippen LogP contribution is -2.16. The summed E-state index contributed by atoms with van der Waals surface area (Å²) in [6.07, 6.45) is 12.5. The van der Waals surface area contributed by atoms with E-state index in [1.54, 1.807) is 0 Å². The third-order valence-electron chi connectivity index (χ3n) is 3.56. The molecule has 0 aliphatic heterocycles. The Morgan fingerprint density at radius 3 is 1.59 bits per heavy atom. The van der Waals surface area contributed by atoms with Crippen LogP contribution in [-0.2, 0) is 13.1 Å². The lowest BCUT2D eigenvalue weighted by Gasteiger charge is -2.06. The molecule has 0 aliphatic rings. The number of nitrogens with one attached hydrogen (secondary N) is 2. The van der Waals surface area contributed by atoms with Crippen LogP contribution in [0.15, 0.2) is 49.1 Å². The van der Waals surface area contributed by atoms with Crippen molar-refractivity contribution < 1.29 is 0 Å². The van der Waals surface area contributed by atoms with Gasteiger partial charge in [0.1, 0.15) is 0 Å². The van der Waals surface area contributed by atoms with Crippen molar-refractivity contribution in [2.75, 3.05) is 13.1 Å². The molecule has 2 rings (SSSR count). The summed E-state index contributed by atoms with van der Waals surface area (Å²) in [7, 11) is 0. The fourth-order valence-electron chi connectivity index (χ4n) is 2.32. The largest absolute Gasteiger partial charge is 0.313 e. The minimum Gasteiger partial charge on any atom is -0.313 e. The van der Waals surface area contributed by atoms with E-state index in [1.807, 2.05) is 36.9 Å². The average Bonchev–Trinajstić information content (AvgIpc) is 2.58. The van der Waals surface area contributed by atoms with Gasteiger partial charge in [0.2, 0.25) is 0 Å². The average molecular weight is 298 g/mol. The highest BCUT2D eigenvalue weighted by Gasteiger charge is 1.94. The summed E-state index contributed by atoms with van der Waals surface area (Å²) in [6.45, 7) is 4.00. The number of hydrogen-bond donors (Lipinski definition) is 2. The van der Waals surface area contributed by atoms with Crippen molar-refractivity contribution in [1.29, 1.82) is 0 Å². The molecule has 0 atom stereocenters. The van der Waals surface area contributed by atoms with E-state index < -0.39 is 0 Å². The van der Waals surface area contributed by atoms with Crippen molar-refractivity contribution in [3.8, 4) is 0 Å². The van der Waals surface area contributed by atoms with Gasteiger partial charge in [-0.1, -0.05) is 25.0 Å². The Kier molecular flexibility index (Phi) is 8.20. The molecule has 0 aliphatic carbocycles. The van der Waals surface area contributed by atoms with Crippen molar-refractivity contribution in [2.24, 2.45) is 0 Å². The maximum atomic E-state index is 4.11. The lowest BCUT2D eigenvalue weighted by atomic mass is 10.2. The van der Waals surface area contributed by atoms with E-state index in [0.717, 1.165) is 26.2 Å². The van der Waals surface area contributed by atoms with Gasteiger partial charge >= 0.3 is 0 Å². The summed E-state index contributed by atoms with van der Waals surface area (Å²) >= 11 is 0. The van der Waals surface area contributed by atoms with Gasteiger partial charge < -0.3 is 10.6 Å². The first kappa shape index (κ1) is 16.6. The molecule has 0 aromatic carbocycles. The van der Waals surface area contributed by atoms with Gasteiger partial charge in [0.25, 0.3) is 0 Å². The number of rotatable bonds is 11. The first-order valence-electron chi connectivity index (χ1n) is 8.14. The summed E-state index contributed by atoms with van der Waals surface area (Å²) < 4.78 is 0. The topological polar surface area (TPSA) is 49.8 Å². The molecule has 0 amide bonds. The Balaban J connectivity index is 1.37. The van der Waals surface area contributed by atoms with Crippen molar-refractivity contribution in [1.82, 2.24) is 20.6 Å². The van der Waals surface area contributed by atoms with Crippen LogP contribution >= 0.6 is 0 Å². The summed E-state index contributed by atoms with van der Waals surface area (Å²) in [5, 5.41) is 6.93. The van der Waals surface area contributed by atoms with E-state index >= 15 is 0 Å². The van der Waals surface area contributed by atoms with Gasteiger partial charge in [0, 0.05) is 37.9 Å². The highest BCUT2D eigenvalue weighted by Crippen LogP contribution is 2.00.